The van der Waals surface area contributed by atoms with E-state index in [0.29, 0.717) is 5.82 Å². The molecule has 5 heteroatoms. The number of nitrogens with one attached hydrogen (secondary N) is 1. The van der Waals surface area contributed by atoms with Gasteiger partial charge in [-0.05, 0) is 13.0 Å². The van der Waals surface area contributed by atoms with Crippen molar-refractivity contribution < 1.29 is 13.5 Å². The fourth-order valence-corrected chi connectivity index (χ4v) is 1.42. The van der Waals surface area contributed by atoms with Crippen LogP contribution in [-0.4, -0.2) is 17.1 Å². The third kappa shape index (κ3) is 1.76. The summed E-state index contributed by atoms with van der Waals surface area (Å²) in [5.41, 5.74) is 0.872. The molecule has 2 aromatic rings. The molecule has 0 amide bonds. The summed E-state index contributed by atoms with van der Waals surface area (Å²) in [5.74, 6) is -1.01. The Morgan fingerprint density at radius 2 is 2.00 bits per heavy atom. The molecular formula is C11H10F2N2O. The van der Waals surface area contributed by atoms with E-state index in [4.69, 9.17) is 0 Å². The molecule has 0 aliphatic rings. The van der Waals surface area contributed by atoms with Crippen LogP contribution in [0.5, 0.6) is 5.75 Å². The summed E-state index contributed by atoms with van der Waals surface area (Å²) in [6, 6.07) is 2.06. The van der Waals surface area contributed by atoms with Crippen molar-refractivity contribution in [3.05, 3.63) is 35.7 Å². The highest BCUT2D eigenvalue weighted by atomic mass is 19.1. The third-order valence-electron chi connectivity index (χ3n) is 2.20. The number of hydrogen-bond donors (Lipinski definition) is 1. The summed E-state index contributed by atoms with van der Waals surface area (Å²) >= 11 is 0. The van der Waals surface area contributed by atoms with Crippen molar-refractivity contribution in [2.24, 2.45) is 0 Å². The average Bonchev–Trinajstić information content (AvgIpc) is 2.67. The smallest absolute Gasteiger partial charge is 0.165 e. The predicted molar refractivity (Wildman–Crippen MR) is 55.2 cm³/mol. The lowest BCUT2D eigenvalue weighted by atomic mass is 10.2. The molecule has 1 N–H and O–H groups in total. The zero-order valence-corrected chi connectivity index (χ0v) is 8.84. The van der Waals surface area contributed by atoms with Crippen LogP contribution in [0.1, 0.15) is 5.69 Å². The van der Waals surface area contributed by atoms with Gasteiger partial charge >= 0.3 is 0 Å². The number of aromatic amines is 1. The topological polar surface area (TPSA) is 37.9 Å². The number of ether oxygens (including phenoxy) is 1. The van der Waals surface area contributed by atoms with Crippen LogP contribution in [0.3, 0.4) is 0 Å². The number of nitrogens with zero attached hydrogens (tertiary/aromatic N) is 1. The molecule has 1 aromatic carbocycles. The fraction of sp³-hybridized carbons (Fsp3) is 0.182. The first kappa shape index (κ1) is 10.6. The zero-order chi connectivity index (χ0) is 11.7. The first-order valence-corrected chi connectivity index (χ1v) is 4.67. The Bertz CT molecular complexity index is 523. The number of halogens is 2. The number of imidazole rings is 1. The highest BCUT2D eigenvalue weighted by Crippen LogP contribution is 2.27. The van der Waals surface area contributed by atoms with Crippen molar-refractivity contribution in [3.63, 3.8) is 0 Å². The van der Waals surface area contributed by atoms with E-state index in [1.165, 1.54) is 7.11 Å². The molecule has 1 heterocycles. The molecule has 0 atom stereocenters. The van der Waals surface area contributed by atoms with Crippen LogP contribution in [0.15, 0.2) is 18.3 Å². The molecule has 1 aromatic heterocycles. The molecule has 0 aliphatic heterocycles. The number of methoxy groups -OCH3 is 1. The second-order valence-corrected chi connectivity index (χ2v) is 3.38. The molecule has 0 radical (unpaired) electrons. The van der Waals surface area contributed by atoms with E-state index < -0.39 is 11.6 Å². The Hall–Kier alpha value is -1.91. The quantitative estimate of drug-likeness (QED) is 0.851. The minimum atomic E-state index is -0.618. The molecular weight excluding hydrogens is 214 g/mol. The summed E-state index contributed by atoms with van der Waals surface area (Å²) in [4.78, 5) is 6.78. The maximum atomic E-state index is 13.6. The second kappa shape index (κ2) is 3.92. The fourth-order valence-electron chi connectivity index (χ4n) is 1.42. The van der Waals surface area contributed by atoms with E-state index in [2.05, 4.69) is 14.7 Å². The largest absolute Gasteiger partial charge is 0.494 e. The van der Waals surface area contributed by atoms with Crippen LogP contribution >= 0.6 is 0 Å². The summed E-state index contributed by atoms with van der Waals surface area (Å²) in [7, 11) is 1.29. The van der Waals surface area contributed by atoms with Crippen LogP contribution in [0.2, 0.25) is 0 Å². The van der Waals surface area contributed by atoms with E-state index in [1.54, 1.807) is 13.1 Å². The van der Waals surface area contributed by atoms with Gasteiger partial charge in [0.25, 0.3) is 0 Å². The number of rotatable bonds is 2. The van der Waals surface area contributed by atoms with Crippen molar-refractivity contribution in [1.29, 1.82) is 0 Å². The van der Waals surface area contributed by atoms with Crippen molar-refractivity contribution in [1.82, 2.24) is 9.97 Å². The van der Waals surface area contributed by atoms with E-state index in [9.17, 15) is 8.78 Å². The molecule has 16 heavy (non-hydrogen) atoms. The predicted octanol–water partition coefficient (Wildman–Crippen LogP) is 2.67. The maximum Gasteiger partial charge on any atom is 0.165 e. The van der Waals surface area contributed by atoms with Gasteiger partial charge in [-0.25, -0.2) is 13.8 Å². The molecule has 0 aliphatic carbocycles. The van der Waals surface area contributed by atoms with E-state index in [1.807, 2.05) is 0 Å². The van der Waals surface area contributed by atoms with Crippen LogP contribution in [0.25, 0.3) is 11.4 Å². The highest BCUT2D eigenvalue weighted by Gasteiger charge is 2.13. The minimum Gasteiger partial charge on any atom is -0.494 e. The number of hydrogen-bond acceptors (Lipinski definition) is 2. The van der Waals surface area contributed by atoms with Gasteiger partial charge < -0.3 is 9.72 Å². The monoisotopic (exact) mass is 224 g/mol. The zero-order valence-electron chi connectivity index (χ0n) is 8.84. The van der Waals surface area contributed by atoms with Gasteiger partial charge in [0, 0.05) is 18.0 Å². The average molecular weight is 224 g/mol. The van der Waals surface area contributed by atoms with Gasteiger partial charge in [0.1, 0.15) is 11.6 Å². The molecule has 0 bridgehead atoms. The molecule has 0 unspecified atom stereocenters. The SMILES string of the molecule is COc1cc(F)c(-c2ncc(C)[nH]2)cc1F. The second-order valence-electron chi connectivity index (χ2n) is 3.38. The number of H-pyrrole nitrogens is 1. The molecule has 0 saturated carbocycles. The first-order valence-electron chi connectivity index (χ1n) is 4.67. The normalized spacial score (nSPS) is 10.5. The van der Waals surface area contributed by atoms with Crippen LogP contribution in [-0.2, 0) is 0 Å². The molecule has 2 rings (SSSR count). The Morgan fingerprint density at radius 1 is 1.25 bits per heavy atom. The molecule has 0 saturated heterocycles. The number of aromatic nitrogens is 2. The standard InChI is InChI=1S/C11H10F2N2O/c1-6-5-14-11(15-6)7-3-9(13)10(16-2)4-8(7)12/h3-5H,1-2H3,(H,14,15). The van der Waals surface area contributed by atoms with Gasteiger partial charge in [0.15, 0.2) is 11.6 Å². The Balaban J connectivity index is 2.54. The Kier molecular flexibility index (Phi) is 2.60. The van der Waals surface area contributed by atoms with Gasteiger partial charge in [0.2, 0.25) is 0 Å². The van der Waals surface area contributed by atoms with E-state index in [0.717, 1.165) is 17.8 Å². The maximum absolute atomic E-state index is 13.6. The van der Waals surface area contributed by atoms with Crippen LogP contribution in [0.4, 0.5) is 8.78 Å². The lowest BCUT2D eigenvalue weighted by Gasteiger charge is -2.05. The van der Waals surface area contributed by atoms with E-state index in [-0.39, 0.29) is 11.3 Å². The Morgan fingerprint density at radius 3 is 2.56 bits per heavy atom. The van der Waals surface area contributed by atoms with Gasteiger partial charge in [-0.15, -0.1) is 0 Å². The lowest BCUT2D eigenvalue weighted by molar-refractivity contribution is 0.383. The molecule has 3 nitrogen and oxygen atoms in total. The molecule has 84 valence electrons. The summed E-state index contributed by atoms with van der Waals surface area (Å²) < 4.78 is 31.7. The van der Waals surface area contributed by atoms with Crippen molar-refractivity contribution in [2.45, 2.75) is 6.92 Å². The third-order valence-corrected chi connectivity index (χ3v) is 2.20. The van der Waals surface area contributed by atoms with E-state index >= 15 is 0 Å². The van der Waals surface area contributed by atoms with Crippen LogP contribution < -0.4 is 4.74 Å². The minimum absolute atomic E-state index is 0.0893. The van der Waals surface area contributed by atoms with Crippen molar-refractivity contribution in [2.75, 3.05) is 7.11 Å². The van der Waals surface area contributed by atoms with Gasteiger partial charge in [0.05, 0.1) is 12.7 Å². The van der Waals surface area contributed by atoms with Gasteiger partial charge in [-0.1, -0.05) is 0 Å². The first-order chi connectivity index (χ1) is 7.61. The van der Waals surface area contributed by atoms with Gasteiger partial charge in [-0.3, -0.25) is 0 Å². The molecule has 0 fully saturated rings. The number of benzene rings is 1. The van der Waals surface area contributed by atoms with Crippen molar-refractivity contribution >= 4 is 0 Å². The lowest BCUT2D eigenvalue weighted by Crippen LogP contribution is -1.93. The highest BCUT2D eigenvalue weighted by molar-refractivity contribution is 5.58. The van der Waals surface area contributed by atoms with Gasteiger partial charge in [-0.2, -0.15) is 0 Å². The summed E-state index contributed by atoms with van der Waals surface area (Å²) in [5, 5.41) is 0. The Labute approximate surface area is 91.1 Å². The number of aryl methyl sites for hydroxylation is 1. The van der Waals surface area contributed by atoms with Crippen molar-refractivity contribution in [3.8, 4) is 17.1 Å². The molecule has 0 spiro atoms. The summed E-state index contributed by atoms with van der Waals surface area (Å²) in [6.45, 7) is 1.79. The van der Waals surface area contributed by atoms with Crippen LogP contribution in [0, 0.1) is 18.6 Å². The summed E-state index contributed by atoms with van der Waals surface area (Å²) in [6.07, 6.45) is 1.55.